The van der Waals surface area contributed by atoms with Gasteiger partial charge in [0.2, 0.25) is 0 Å². The van der Waals surface area contributed by atoms with E-state index >= 15 is 0 Å². The molecule has 1 rings (SSSR count). The molecule has 1 saturated heterocycles. The highest BCUT2D eigenvalue weighted by Gasteiger charge is 2.13. The summed E-state index contributed by atoms with van der Waals surface area (Å²) in [6, 6.07) is 0. The summed E-state index contributed by atoms with van der Waals surface area (Å²) in [7, 11) is 2.18. The smallest absolute Gasteiger partial charge is 0.000445 e. The van der Waals surface area contributed by atoms with Crippen molar-refractivity contribution < 1.29 is 0 Å². The summed E-state index contributed by atoms with van der Waals surface area (Å²) in [5.41, 5.74) is 0. The topological polar surface area (TPSA) is 3.24 Å². The van der Waals surface area contributed by atoms with Crippen molar-refractivity contribution in [3.63, 3.8) is 0 Å². The van der Waals surface area contributed by atoms with Crippen LogP contribution in [0.4, 0.5) is 0 Å². The Hall–Kier alpha value is -0.0400. The minimum absolute atomic E-state index is 0. The van der Waals surface area contributed by atoms with Crippen LogP contribution >= 0.6 is 0 Å². The SMILES string of the molecule is C.C[C@H]1CCN(C)C1. The van der Waals surface area contributed by atoms with E-state index in [1.807, 2.05) is 0 Å². The third kappa shape index (κ3) is 1.83. The second kappa shape index (κ2) is 3.08. The van der Waals surface area contributed by atoms with Crippen molar-refractivity contribution >= 4 is 0 Å². The Balaban J connectivity index is 0.000000490. The normalized spacial score (nSPS) is 30.0. The molecular weight excluding hydrogens is 98.1 g/mol. The Morgan fingerprint density at radius 3 is 2.25 bits per heavy atom. The standard InChI is InChI=1S/C6H13N.CH4/c1-6-3-4-7(2)5-6;/h6H,3-5H2,1-2H3;1H4/t6-;/m0./s1. The molecule has 1 atom stereocenters. The molecule has 0 amide bonds. The molecule has 0 aromatic rings. The van der Waals surface area contributed by atoms with Crippen LogP contribution in [0.15, 0.2) is 0 Å². The lowest BCUT2D eigenvalue weighted by molar-refractivity contribution is 0.402. The van der Waals surface area contributed by atoms with E-state index in [0.29, 0.717) is 0 Å². The molecule has 0 saturated carbocycles. The Morgan fingerprint density at radius 1 is 1.50 bits per heavy atom. The van der Waals surface area contributed by atoms with E-state index in [0.717, 1.165) is 5.92 Å². The third-order valence-corrected chi connectivity index (χ3v) is 1.63. The van der Waals surface area contributed by atoms with Crippen molar-refractivity contribution in [1.82, 2.24) is 4.90 Å². The van der Waals surface area contributed by atoms with Gasteiger partial charge < -0.3 is 4.90 Å². The lowest BCUT2D eigenvalue weighted by Gasteiger charge is -2.03. The first-order valence-corrected chi connectivity index (χ1v) is 2.97. The second-order valence-corrected chi connectivity index (χ2v) is 2.66. The molecule has 1 heterocycles. The minimum Gasteiger partial charge on any atom is -0.306 e. The molecule has 50 valence electrons. The predicted octanol–water partition coefficient (Wildman–Crippen LogP) is 1.59. The zero-order chi connectivity index (χ0) is 5.28. The number of rotatable bonds is 0. The van der Waals surface area contributed by atoms with Crippen molar-refractivity contribution in [3.8, 4) is 0 Å². The fourth-order valence-corrected chi connectivity index (χ4v) is 1.16. The largest absolute Gasteiger partial charge is 0.306 e. The second-order valence-electron chi connectivity index (χ2n) is 2.66. The maximum absolute atomic E-state index is 2.38. The summed E-state index contributed by atoms with van der Waals surface area (Å²) in [5, 5.41) is 0. The molecule has 0 aromatic carbocycles. The summed E-state index contributed by atoms with van der Waals surface area (Å²) in [4.78, 5) is 2.38. The Morgan fingerprint density at radius 2 is 2.12 bits per heavy atom. The van der Waals surface area contributed by atoms with E-state index in [4.69, 9.17) is 0 Å². The van der Waals surface area contributed by atoms with Gasteiger partial charge in [0.15, 0.2) is 0 Å². The van der Waals surface area contributed by atoms with Crippen molar-refractivity contribution in [2.45, 2.75) is 20.8 Å². The van der Waals surface area contributed by atoms with E-state index in [9.17, 15) is 0 Å². The summed E-state index contributed by atoms with van der Waals surface area (Å²) >= 11 is 0. The summed E-state index contributed by atoms with van der Waals surface area (Å²) in [6.45, 7) is 4.92. The highest BCUT2D eigenvalue weighted by Crippen LogP contribution is 2.11. The number of likely N-dealkylation sites (tertiary alicyclic amines) is 1. The van der Waals surface area contributed by atoms with Crippen LogP contribution in [0.5, 0.6) is 0 Å². The van der Waals surface area contributed by atoms with Gasteiger partial charge in [0.05, 0.1) is 0 Å². The fourth-order valence-electron chi connectivity index (χ4n) is 1.16. The van der Waals surface area contributed by atoms with Crippen LogP contribution < -0.4 is 0 Å². The lowest BCUT2D eigenvalue weighted by atomic mass is 10.2. The molecule has 0 aliphatic carbocycles. The van der Waals surface area contributed by atoms with Crippen molar-refractivity contribution in [2.24, 2.45) is 5.92 Å². The molecule has 0 unspecified atom stereocenters. The van der Waals surface area contributed by atoms with E-state index in [1.165, 1.54) is 19.5 Å². The molecule has 0 radical (unpaired) electrons. The van der Waals surface area contributed by atoms with E-state index < -0.39 is 0 Å². The zero-order valence-electron chi connectivity index (χ0n) is 5.15. The minimum atomic E-state index is 0. The van der Waals surface area contributed by atoms with Gasteiger partial charge in [-0.3, -0.25) is 0 Å². The van der Waals surface area contributed by atoms with Gasteiger partial charge in [-0.2, -0.15) is 0 Å². The third-order valence-electron chi connectivity index (χ3n) is 1.63. The van der Waals surface area contributed by atoms with Gasteiger partial charge in [-0.15, -0.1) is 0 Å². The zero-order valence-corrected chi connectivity index (χ0v) is 5.15. The molecule has 1 aliphatic rings. The summed E-state index contributed by atoms with van der Waals surface area (Å²) in [6.07, 6.45) is 1.40. The number of hydrogen-bond acceptors (Lipinski definition) is 1. The summed E-state index contributed by atoms with van der Waals surface area (Å²) in [5.74, 6) is 0.949. The Kier molecular flexibility index (Phi) is 3.06. The van der Waals surface area contributed by atoms with Gasteiger partial charge in [-0.05, 0) is 25.9 Å². The number of nitrogens with zero attached hydrogens (tertiary/aromatic N) is 1. The molecule has 1 aliphatic heterocycles. The van der Waals surface area contributed by atoms with Crippen LogP contribution in [-0.2, 0) is 0 Å². The van der Waals surface area contributed by atoms with Crippen molar-refractivity contribution in [2.75, 3.05) is 20.1 Å². The van der Waals surface area contributed by atoms with Gasteiger partial charge in [-0.25, -0.2) is 0 Å². The first-order valence-electron chi connectivity index (χ1n) is 2.97. The average molecular weight is 115 g/mol. The van der Waals surface area contributed by atoms with E-state index in [-0.39, 0.29) is 7.43 Å². The van der Waals surface area contributed by atoms with Crippen LogP contribution in [0.2, 0.25) is 0 Å². The van der Waals surface area contributed by atoms with Gasteiger partial charge >= 0.3 is 0 Å². The quantitative estimate of drug-likeness (QED) is 0.463. The highest BCUT2D eigenvalue weighted by molar-refractivity contribution is 4.67. The van der Waals surface area contributed by atoms with Crippen LogP contribution in [0.3, 0.4) is 0 Å². The molecule has 0 aromatic heterocycles. The molecule has 0 bridgehead atoms. The Labute approximate surface area is 52.7 Å². The van der Waals surface area contributed by atoms with Crippen molar-refractivity contribution in [3.05, 3.63) is 0 Å². The molecule has 8 heavy (non-hydrogen) atoms. The van der Waals surface area contributed by atoms with Gasteiger partial charge in [0.25, 0.3) is 0 Å². The highest BCUT2D eigenvalue weighted by atomic mass is 15.1. The molecule has 0 spiro atoms. The van der Waals surface area contributed by atoms with Gasteiger partial charge in [0.1, 0.15) is 0 Å². The summed E-state index contributed by atoms with van der Waals surface area (Å²) < 4.78 is 0. The maximum atomic E-state index is 2.38. The lowest BCUT2D eigenvalue weighted by Crippen LogP contribution is -2.12. The van der Waals surface area contributed by atoms with Crippen LogP contribution in [0.1, 0.15) is 20.8 Å². The van der Waals surface area contributed by atoms with Crippen LogP contribution in [0, 0.1) is 5.92 Å². The molecule has 1 nitrogen and oxygen atoms in total. The van der Waals surface area contributed by atoms with E-state index in [1.54, 1.807) is 0 Å². The fraction of sp³-hybridized carbons (Fsp3) is 1.00. The predicted molar refractivity (Wildman–Crippen MR) is 38.0 cm³/mol. The molecule has 1 heteroatoms. The molecular formula is C7H17N. The van der Waals surface area contributed by atoms with Gasteiger partial charge in [0, 0.05) is 6.54 Å². The van der Waals surface area contributed by atoms with Crippen LogP contribution in [-0.4, -0.2) is 25.0 Å². The maximum Gasteiger partial charge on any atom is 0.000445 e. The average Bonchev–Trinajstić information content (AvgIpc) is 1.87. The first-order chi connectivity index (χ1) is 3.29. The molecule has 0 N–H and O–H groups in total. The Bertz CT molecular complexity index is 53.4. The molecule has 1 fully saturated rings. The van der Waals surface area contributed by atoms with Crippen molar-refractivity contribution in [1.29, 1.82) is 0 Å². The number of hydrogen-bond donors (Lipinski definition) is 0. The first kappa shape index (κ1) is 7.96. The van der Waals surface area contributed by atoms with Crippen LogP contribution in [0.25, 0.3) is 0 Å². The monoisotopic (exact) mass is 115 g/mol. The van der Waals surface area contributed by atoms with E-state index in [2.05, 4.69) is 18.9 Å². The van der Waals surface area contributed by atoms with Gasteiger partial charge in [-0.1, -0.05) is 14.4 Å².